The number of rotatable bonds is 6. The van der Waals surface area contributed by atoms with Crippen LogP contribution in [0.1, 0.15) is 38.1 Å². The van der Waals surface area contributed by atoms with Gasteiger partial charge in [-0.05, 0) is 43.5 Å². The maximum absolute atomic E-state index is 6.77. The number of nitrogens with one attached hydrogen (secondary N) is 1. The Kier molecular flexibility index (Phi) is 5.55. The Morgan fingerprint density at radius 2 is 1.71 bits per heavy atom. The van der Waals surface area contributed by atoms with Crippen molar-refractivity contribution in [3.63, 3.8) is 0 Å². The maximum atomic E-state index is 6.77. The average molecular weight is 456 g/mol. The second-order valence-electron chi connectivity index (χ2n) is 9.16. The van der Waals surface area contributed by atoms with Crippen molar-refractivity contribution in [2.24, 2.45) is 0 Å². The molecule has 3 N–H and O–H groups in total. The smallest absolute Gasteiger partial charge is 0.121 e. The number of nitrogens with two attached hydrogens (primary N) is 1. The lowest BCUT2D eigenvalue weighted by Gasteiger charge is -2.30. The first-order valence-electron chi connectivity index (χ1n) is 12.1. The van der Waals surface area contributed by atoms with Crippen LogP contribution in [0.25, 0.3) is 22.2 Å². The van der Waals surface area contributed by atoms with Crippen LogP contribution in [-0.2, 0) is 4.74 Å². The predicted molar refractivity (Wildman–Crippen MR) is 134 cm³/mol. The zero-order valence-corrected chi connectivity index (χ0v) is 19.1. The first kappa shape index (κ1) is 21.0. The van der Waals surface area contributed by atoms with Gasteiger partial charge in [0.1, 0.15) is 18.2 Å². The Balaban J connectivity index is 1.36. The molecule has 1 aliphatic heterocycles. The van der Waals surface area contributed by atoms with Crippen molar-refractivity contribution in [1.82, 2.24) is 14.5 Å². The van der Waals surface area contributed by atoms with E-state index in [0.717, 1.165) is 71.0 Å². The fourth-order valence-electron chi connectivity index (χ4n) is 4.94. The number of nitrogens with zero attached hydrogens (tertiary/aromatic N) is 3. The standard InChI is InChI=1S/C27H29N5O2/c28-26-24-9-8-23(34-22-10-12-33-13-11-22)14-25(24)32(21-2-1-3-21)27(26)18-4-6-19(7-5-18)31-20-15-29-17-30-16-20/h4-9,14-17,21-22,31H,1-3,10-13,28H2. The molecule has 0 unspecified atom stereocenters. The number of benzene rings is 2. The van der Waals surface area contributed by atoms with E-state index in [0.29, 0.717) is 6.04 Å². The maximum Gasteiger partial charge on any atom is 0.121 e. The van der Waals surface area contributed by atoms with E-state index in [-0.39, 0.29) is 6.10 Å². The Hall–Kier alpha value is -3.58. The van der Waals surface area contributed by atoms with E-state index < -0.39 is 0 Å². The summed E-state index contributed by atoms with van der Waals surface area (Å²) in [4.78, 5) is 8.13. The molecular weight excluding hydrogens is 426 g/mol. The Morgan fingerprint density at radius 3 is 2.41 bits per heavy atom. The van der Waals surface area contributed by atoms with Crippen LogP contribution in [0.4, 0.5) is 17.1 Å². The van der Waals surface area contributed by atoms with E-state index in [4.69, 9.17) is 15.2 Å². The number of anilines is 3. The molecule has 2 aliphatic rings. The molecule has 4 aromatic rings. The van der Waals surface area contributed by atoms with Crippen LogP contribution in [0.2, 0.25) is 0 Å². The van der Waals surface area contributed by atoms with Crippen LogP contribution in [0, 0.1) is 0 Å². The molecule has 0 bridgehead atoms. The monoisotopic (exact) mass is 455 g/mol. The van der Waals surface area contributed by atoms with Gasteiger partial charge in [-0.25, -0.2) is 9.97 Å². The normalized spacial score (nSPS) is 16.9. The van der Waals surface area contributed by atoms with Crippen LogP contribution < -0.4 is 15.8 Å². The van der Waals surface area contributed by atoms with Crippen LogP contribution in [0.5, 0.6) is 5.75 Å². The number of ether oxygens (including phenoxy) is 2. The van der Waals surface area contributed by atoms with Gasteiger partial charge in [0.2, 0.25) is 0 Å². The van der Waals surface area contributed by atoms with E-state index in [1.807, 2.05) is 0 Å². The number of fused-ring (bicyclic) bond motifs is 1. The van der Waals surface area contributed by atoms with E-state index in [2.05, 4.69) is 62.3 Å². The zero-order valence-electron chi connectivity index (χ0n) is 19.1. The van der Waals surface area contributed by atoms with Gasteiger partial charge in [-0.15, -0.1) is 0 Å². The summed E-state index contributed by atoms with van der Waals surface area (Å²) in [6.07, 6.45) is 10.7. The fourth-order valence-corrected chi connectivity index (χ4v) is 4.94. The predicted octanol–water partition coefficient (Wildman–Crippen LogP) is 5.71. The summed E-state index contributed by atoms with van der Waals surface area (Å²) in [6, 6.07) is 15.2. The highest BCUT2D eigenvalue weighted by atomic mass is 16.5. The molecular formula is C27H29N5O2. The SMILES string of the molecule is Nc1c(-c2ccc(Nc3cncnc3)cc2)n(C2CCC2)c2cc(OC3CCOCC3)ccc12. The number of aromatic nitrogens is 3. The van der Waals surface area contributed by atoms with E-state index in [1.54, 1.807) is 12.4 Å². The number of nitrogen functional groups attached to an aromatic ring is 1. The quantitative estimate of drug-likeness (QED) is 0.387. The third-order valence-electron chi connectivity index (χ3n) is 6.93. The summed E-state index contributed by atoms with van der Waals surface area (Å²) < 4.78 is 14.2. The Bertz CT molecular complexity index is 1280. The Morgan fingerprint density at radius 1 is 0.941 bits per heavy atom. The van der Waals surface area contributed by atoms with Gasteiger partial charge in [0.05, 0.1) is 48.2 Å². The average Bonchev–Trinajstić information content (AvgIpc) is 3.11. The molecule has 1 aliphatic carbocycles. The van der Waals surface area contributed by atoms with Crippen LogP contribution in [-0.4, -0.2) is 33.9 Å². The largest absolute Gasteiger partial charge is 0.490 e. The summed E-state index contributed by atoms with van der Waals surface area (Å²) in [6.45, 7) is 1.54. The topological polar surface area (TPSA) is 87.2 Å². The van der Waals surface area contributed by atoms with Gasteiger partial charge in [-0.3, -0.25) is 0 Å². The highest BCUT2D eigenvalue weighted by Crippen LogP contribution is 2.45. The first-order valence-corrected chi connectivity index (χ1v) is 12.1. The van der Waals surface area contributed by atoms with Crippen LogP contribution in [0.15, 0.2) is 61.2 Å². The third kappa shape index (κ3) is 3.96. The second-order valence-corrected chi connectivity index (χ2v) is 9.16. The fraction of sp³-hybridized carbons (Fsp3) is 0.333. The molecule has 3 heterocycles. The Labute approximate surface area is 198 Å². The van der Waals surface area contributed by atoms with Crippen molar-refractivity contribution in [1.29, 1.82) is 0 Å². The first-order chi connectivity index (χ1) is 16.8. The van der Waals surface area contributed by atoms with E-state index in [9.17, 15) is 0 Å². The summed E-state index contributed by atoms with van der Waals surface area (Å²) in [7, 11) is 0. The molecule has 34 heavy (non-hydrogen) atoms. The van der Waals surface area contributed by atoms with Gasteiger partial charge in [0.25, 0.3) is 0 Å². The minimum atomic E-state index is 0.213. The van der Waals surface area contributed by atoms with Crippen molar-refractivity contribution in [3.05, 3.63) is 61.2 Å². The van der Waals surface area contributed by atoms with Crippen molar-refractivity contribution in [3.8, 4) is 17.0 Å². The molecule has 1 saturated carbocycles. The molecule has 174 valence electrons. The van der Waals surface area contributed by atoms with Crippen molar-refractivity contribution < 1.29 is 9.47 Å². The molecule has 0 amide bonds. The summed E-state index contributed by atoms with van der Waals surface area (Å²) in [5.74, 6) is 0.911. The van der Waals surface area contributed by atoms with Crippen molar-refractivity contribution >= 4 is 28.0 Å². The lowest BCUT2D eigenvalue weighted by molar-refractivity contribution is 0.0256. The van der Waals surface area contributed by atoms with Crippen molar-refractivity contribution in [2.45, 2.75) is 44.2 Å². The van der Waals surface area contributed by atoms with Gasteiger partial charge < -0.3 is 25.1 Å². The number of hydrogen-bond acceptors (Lipinski definition) is 6. The van der Waals surface area contributed by atoms with Gasteiger partial charge in [0, 0.05) is 41.6 Å². The molecule has 7 nitrogen and oxygen atoms in total. The molecule has 1 saturated heterocycles. The van der Waals surface area contributed by atoms with Crippen molar-refractivity contribution in [2.75, 3.05) is 24.3 Å². The molecule has 2 fully saturated rings. The van der Waals surface area contributed by atoms with Gasteiger partial charge in [0.15, 0.2) is 0 Å². The molecule has 0 radical (unpaired) electrons. The minimum Gasteiger partial charge on any atom is -0.490 e. The van der Waals surface area contributed by atoms with E-state index in [1.165, 1.54) is 25.6 Å². The zero-order chi connectivity index (χ0) is 22.9. The highest BCUT2D eigenvalue weighted by molar-refractivity contribution is 6.01. The summed E-state index contributed by atoms with van der Waals surface area (Å²) >= 11 is 0. The second kappa shape index (κ2) is 8.99. The van der Waals surface area contributed by atoms with E-state index >= 15 is 0 Å². The third-order valence-corrected chi connectivity index (χ3v) is 6.93. The highest BCUT2D eigenvalue weighted by Gasteiger charge is 2.27. The van der Waals surface area contributed by atoms with Crippen LogP contribution in [0.3, 0.4) is 0 Å². The van der Waals surface area contributed by atoms with Gasteiger partial charge in [-0.1, -0.05) is 12.1 Å². The molecule has 2 aromatic heterocycles. The minimum absolute atomic E-state index is 0.213. The van der Waals surface area contributed by atoms with Gasteiger partial charge in [-0.2, -0.15) is 0 Å². The molecule has 6 rings (SSSR count). The van der Waals surface area contributed by atoms with Gasteiger partial charge >= 0.3 is 0 Å². The molecule has 2 aromatic carbocycles. The lowest BCUT2D eigenvalue weighted by atomic mass is 9.92. The molecule has 0 atom stereocenters. The summed E-state index contributed by atoms with van der Waals surface area (Å²) in [5, 5.41) is 4.43. The molecule has 7 heteroatoms. The summed E-state index contributed by atoms with van der Waals surface area (Å²) in [5.41, 5.74) is 12.8. The lowest BCUT2D eigenvalue weighted by Crippen LogP contribution is -2.25. The van der Waals surface area contributed by atoms with Crippen LogP contribution >= 0.6 is 0 Å². The molecule has 0 spiro atoms. The number of hydrogen-bond donors (Lipinski definition) is 2.